The van der Waals surface area contributed by atoms with Crippen LogP contribution in [0.2, 0.25) is 5.02 Å². The van der Waals surface area contributed by atoms with Crippen LogP contribution in [0.1, 0.15) is 6.92 Å². The normalized spacial score (nSPS) is 12.4. The summed E-state index contributed by atoms with van der Waals surface area (Å²) in [4.78, 5) is 10.7. The first kappa shape index (κ1) is 11.7. The molecule has 0 spiro atoms. The molecular formula is C13H11ClO3. The maximum Gasteiger partial charge on any atom is 0.344 e. The van der Waals surface area contributed by atoms with Crippen molar-refractivity contribution < 1.29 is 14.6 Å². The second-order valence-corrected chi connectivity index (χ2v) is 4.08. The molecule has 2 aromatic rings. The van der Waals surface area contributed by atoms with Crippen LogP contribution < -0.4 is 4.74 Å². The zero-order valence-electron chi connectivity index (χ0n) is 9.18. The SMILES string of the molecule is CC(Oc1ccc2ccccc2c1Cl)C(=O)O. The van der Waals surface area contributed by atoms with Gasteiger partial charge in [0.15, 0.2) is 6.10 Å². The highest BCUT2D eigenvalue weighted by Gasteiger charge is 2.15. The Hall–Kier alpha value is -1.74. The molecule has 0 saturated heterocycles. The van der Waals surface area contributed by atoms with Crippen LogP contribution in [0, 0.1) is 0 Å². The summed E-state index contributed by atoms with van der Waals surface area (Å²) in [5.74, 6) is -0.630. The van der Waals surface area contributed by atoms with Crippen molar-refractivity contribution in [1.29, 1.82) is 0 Å². The molecule has 0 aliphatic heterocycles. The van der Waals surface area contributed by atoms with E-state index in [4.69, 9.17) is 21.4 Å². The summed E-state index contributed by atoms with van der Waals surface area (Å²) in [5, 5.41) is 11.1. The number of ether oxygens (including phenoxy) is 1. The number of halogens is 1. The van der Waals surface area contributed by atoms with E-state index < -0.39 is 12.1 Å². The number of carboxylic acid groups (broad SMARTS) is 1. The van der Waals surface area contributed by atoms with Crippen LogP contribution in [-0.2, 0) is 4.79 Å². The van der Waals surface area contributed by atoms with E-state index >= 15 is 0 Å². The number of carboxylic acids is 1. The lowest BCUT2D eigenvalue weighted by molar-refractivity contribution is -0.144. The summed E-state index contributed by atoms with van der Waals surface area (Å²) < 4.78 is 5.28. The molecule has 1 unspecified atom stereocenters. The molecule has 0 aliphatic carbocycles. The van der Waals surface area contributed by atoms with Gasteiger partial charge in [0.05, 0.1) is 5.02 Å². The summed E-state index contributed by atoms with van der Waals surface area (Å²) in [7, 11) is 0. The lowest BCUT2D eigenvalue weighted by Crippen LogP contribution is -2.22. The van der Waals surface area contributed by atoms with Crippen LogP contribution in [0.3, 0.4) is 0 Å². The van der Waals surface area contributed by atoms with Gasteiger partial charge >= 0.3 is 5.97 Å². The van der Waals surface area contributed by atoms with Crippen LogP contribution in [0.4, 0.5) is 0 Å². The molecule has 0 aromatic heterocycles. The summed E-state index contributed by atoms with van der Waals surface area (Å²) in [5.41, 5.74) is 0. The third kappa shape index (κ3) is 2.34. The van der Waals surface area contributed by atoms with E-state index in [1.54, 1.807) is 6.07 Å². The fraction of sp³-hybridized carbons (Fsp3) is 0.154. The number of rotatable bonds is 3. The summed E-state index contributed by atoms with van der Waals surface area (Å²) in [6.07, 6.45) is -0.923. The van der Waals surface area contributed by atoms with E-state index in [9.17, 15) is 4.79 Å². The molecule has 0 fully saturated rings. The molecule has 2 rings (SSSR count). The van der Waals surface area contributed by atoms with Gasteiger partial charge in [0.2, 0.25) is 0 Å². The van der Waals surface area contributed by atoms with E-state index in [1.165, 1.54) is 6.92 Å². The largest absolute Gasteiger partial charge is 0.479 e. The quantitative estimate of drug-likeness (QED) is 0.909. The zero-order chi connectivity index (χ0) is 12.4. The molecule has 0 aliphatic rings. The van der Waals surface area contributed by atoms with Gasteiger partial charge in [0.25, 0.3) is 0 Å². The number of benzene rings is 2. The van der Waals surface area contributed by atoms with E-state index in [0.717, 1.165) is 10.8 Å². The van der Waals surface area contributed by atoms with Crippen LogP contribution in [0.25, 0.3) is 10.8 Å². The van der Waals surface area contributed by atoms with Crippen molar-refractivity contribution in [1.82, 2.24) is 0 Å². The third-order valence-electron chi connectivity index (χ3n) is 2.48. The first-order chi connectivity index (χ1) is 8.09. The van der Waals surface area contributed by atoms with Crippen molar-refractivity contribution in [3.05, 3.63) is 41.4 Å². The van der Waals surface area contributed by atoms with Gasteiger partial charge in [-0.1, -0.05) is 41.9 Å². The first-order valence-electron chi connectivity index (χ1n) is 5.16. The second-order valence-electron chi connectivity index (χ2n) is 3.70. The van der Waals surface area contributed by atoms with Gasteiger partial charge < -0.3 is 9.84 Å². The highest BCUT2D eigenvalue weighted by Crippen LogP contribution is 2.33. The van der Waals surface area contributed by atoms with Gasteiger partial charge in [-0.2, -0.15) is 0 Å². The number of hydrogen-bond acceptors (Lipinski definition) is 2. The molecule has 0 bridgehead atoms. The number of fused-ring (bicyclic) bond motifs is 1. The van der Waals surface area contributed by atoms with Gasteiger partial charge in [0.1, 0.15) is 5.75 Å². The Balaban J connectivity index is 2.42. The predicted octanol–water partition coefficient (Wildman–Crippen LogP) is 3.35. The average Bonchev–Trinajstić information content (AvgIpc) is 2.33. The molecule has 0 radical (unpaired) electrons. The molecule has 2 aromatic carbocycles. The van der Waals surface area contributed by atoms with Gasteiger partial charge in [-0.15, -0.1) is 0 Å². The van der Waals surface area contributed by atoms with Crippen LogP contribution >= 0.6 is 11.6 Å². The Labute approximate surface area is 104 Å². The van der Waals surface area contributed by atoms with Crippen LogP contribution in [-0.4, -0.2) is 17.2 Å². The number of carbonyl (C=O) groups is 1. The topological polar surface area (TPSA) is 46.5 Å². The second kappa shape index (κ2) is 4.63. The highest BCUT2D eigenvalue weighted by atomic mass is 35.5. The van der Waals surface area contributed by atoms with E-state index in [1.807, 2.05) is 30.3 Å². The van der Waals surface area contributed by atoms with E-state index in [2.05, 4.69) is 0 Å². The minimum absolute atomic E-state index is 0.389. The average molecular weight is 251 g/mol. The minimum atomic E-state index is -1.02. The Bertz CT molecular complexity index is 566. The lowest BCUT2D eigenvalue weighted by Gasteiger charge is -2.13. The summed E-state index contributed by atoms with van der Waals surface area (Å²) in [6.45, 7) is 1.47. The predicted molar refractivity (Wildman–Crippen MR) is 66.7 cm³/mol. The maximum absolute atomic E-state index is 10.7. The van der Waals surface area contributed by atoms with Crippen molar-refractivity contribution in [3.8, 4) is 5.75 Å². The summed E-state index contributed by atoms with van der Waals surface area (Å²) >= 11 is 6.17. The monoisotopic (exact) mass is 250 g/mol. The Morgan fingerprint density at radius 2 is 2.00 bits per heavy atom. The van der Waals surface area contributed by atoms with Crippen molar-refractivity contribution in [3.63, 3.8) is 0 Å². The summed E-state index contributed by atoms with van der Waals surface area (Å²) in [6, 6.07) is 11.1. The van der Waals surface area contributed by atoms with E-state index in [-0.39, 0.29) is 0 Å². The molecule has 0 heterocycles. The van der Waals surface area contributed by atoms with Gasteiger partial charge in [-0.05, 0) is 18.4 Å². The number of aliphatic carboxylic acids is 1. The van der Waals surface area contributed by atoms with Gasteiger partial charge in [-0.3, -0.25) is 0 Å². The zero-order valence-corrected chi connectivity index (χ0v) is 9.94. The van der Waals surface area contributed by atoms with Crippen molar-refractivity contribution in [2.24, 2.45) is 0 Å². The Kier molecular flexibility index (Phi) is 3.20. The fourth-order valence-corrected chi connectivity index (χ4v) is 1.83. The molecule has 4 heteroatoms. The van der Waals surface area contributed by atoms with Crippen molar-refractivity contribution in [2.75, 3.05) is 0 Å². The third-order valence-corrected chi connectivity index (χ3v) is 2.87. The van der Waals surface area contributed by atoms with Crippen LogP contribution in [0.15, 0.2) is 36.4 Å². The maximum atomic E-state index is 10.7. The molecule has 0 saturated carbocycles. The van der Waals surface area contributed by atoms with Gasteiger partial charge in [-0.25, -0.2) is 4.79 Å². The number of hydrogen-bond donors (Lipinski definition) is 1. The fourth-order valence-electron chi connectivity index (χ4n) is 1.55. The van der Waals surface area contributed by atoms with Crippen LogP contribution in [0.5, 0.6) is 5.75 Å². The minimum Gasteiger partial charge on any atom is -0.479 e. The molecule has 1 N–H and O–H groups in total. The molecular weight excluding hydrogens is 240 g/mol. The Morgan fingerprint density at radius 1 is 1.29 bits per heavy atom. The smallest absolute Gasteiger partial charge is 0.344 e. The van der Waals surface area contributed by atoms with E-state index in [0.29, 0.717) is 10.8 Å². The first-order valence-corrected chi connectivity index (χ1v) is 5.54. The molecule has 1 atom stereocenters. The highest BCUT2D eigenvalue weighted by molar-refractivity contribution is 6.37. The Morgan fingerprint density at radius 3 is 2.71 bits per heavy atom. The molecule has 17 heavy (non-hydrogen) atoms. The molecule has 88 valence electrons. The van der Waals surface area contributed by atoms with Gasteiger partial charge in [0, 0.05) is 5.39 Å². The standard InChI is InChI=1S/C13H11ClO3/c1-8(13(15)16)17-11-7-6-9-4-2-3-5-10(9)12(11)14/h2-8H,1H3,(H,15,16). The molecule has 3 nitrogen and oxygen atoms in total. The molecule has 0 amide bonds. The van der Waals surface area contributed by atoms with Crippen molar-refractivity contribution in [2.45, 2.75) is 13.0 Å². The van der Waals surface area contributed by atoms with Crippen molar-refractivity contribution >= 4 is 28.3 Å². The lowest BCUT2D eigenvalue weighted by atomic mass is 10.1.